The highest BCUT2D eigenvalue weighted by molar-refractivity contribution is 7.99. The Bertz CT molecular complexity index is 824. The van der Waals surface area contributed by atoms with Crippen LogP contribution in [0.2, 0.25) is 0 Å². The molecule has 0 unspecified atom stereocenters. The van der Waals surface area contributed by atoms with E-state index in [1.807, 2.05) is 49.4 Å². The molecule has 2 aliphatic heterocycles. The molecule has 0 spiro atoms. The van der Waals surface area contributed by atoms with Gasteiger partial charge in [-0.15, -0.1) is 11.8 Å². The molecule has 0 radical (unpaired) electrons. The summed E-state index contributed by atoms with van der Waals surface area (Å²) >= 11 is 1.68. The summed E-state index contributed by atoms with van der Waals surface area (Å²) in [6.45, 7) is 2.03. The lowest BCUT2D eigenvalue weighted by molar-refractivity contribution is -0.125. The van der Waals surface area contributed by atoms with Gasteiger partial charge in [-0.1, -0.05) is 48.5 Å². The molecular formula is C21H22N2O2S. The second-order valence-corrected chi connectivity index (χ2v) is 8.05. The molecule has 2 aromatic carbocycles. The van der Waals surface area contributed by atoms with Crippen LogP contribution in [-0.2, 0) is 11.2 Å². The van der Waals surface area contributed by atoms with Crippen LogP contribution in [-0.4, -0.2) is 34.6 Å². The quantitative estimate of drug-likeness (QED) is 0.882. The lowest BCUT2D eigenvalue weighted by Crippen LogP contribution is -2.48. The number of hydrogen-bond donors (Lipinski definition) is 1. The van der Waals surface area contributed by atoms with E-state index in [2.05, 4.69) is 17.4 Å². The molecule has 0 saturated carbocycles. The lowest BCUT2D eigenvalue weighted by Gasteiger charge is -2.24. The van der Waals surface area contributed by atoms with Crippen LogP contribution in [0.1, 0.15) is 40.2 Å². The smallest absolute Gasteiger partial charge is 0.256 e. The number of benzene rings is 2. The summed E-state index contributed by atoms with van der Waals surface area (Å²) in [5, 5.41) is 3.09. The molecule has 0 bridgehead atoms. The molecule has 0 aromatic heterocycles. The van der Waals surface area contributed by atoms with Crippen molar-refractivity contribution in [3.05, 3.63) is 71.3 Å². The third-order valence-electron chi connectivity index (χ3n) is 5.09. The first-order chi connectivity index (χ1) is 12.6. The van der Waals surface area contributed by atoms with Crippen LogP contribution < -0.4 is 5.32 Å². The number of hydrogen-bond acceptors (Lipinski definition) is 3. The monoisotopic (exact) mass is 366 g/mol. The highest BCUT2D eigenvalue weighted by Crippen LogP contribution is 2.48. The predicted molar refractivity (Wildman–Crippen MR) is 104 cm³/mol. The van der Waals surface area contributed by atoms with Crippen molar-refractivity contribution >= 4 is 23.6 Å². The fourth-order valence-corrected chi connectivity index (χ4v) is 5.15. The number of carbonyl (C=O) groups excluding carboxylic acids is 2. The minimum absolute atomic E-state index is 0.0194. The summed E-state index contributed by atoms with van der Waals surface area (Å²) < 4.78 is 0. The molecule has 3 atom stereocenters. The van der Waals surface area contributed by atoms with Crippen LogP contribution in [0.5, 0.6) is 0 Å². The van der Waals surface area contributed by atoms with Gasteiger partial charge in [0.1, 0.15) is 11.4 Å². The van der Waals surface area contributed by atoms with Gasteiger partial charge in [-0.25, -0.2) is 0 Å². The number of rotatable bonds is 5. The number of fused-ring (bicyclic) bond motifs is 3. The number of carbonyl (C=O) groups is 2. The van der Waals surface area contributed by atoms with Crippen molar-refractivity contribution < 1.29 is 9.59 Å². The Morgan fingerprint density at radius 2 is 1.92 bits per heavy atom. The van der Waals surface area contributed by atoms with Crippen LogP contribution in [0.25, 0.3) is 0 Å². The van der Waals surface area contributed by atoms with Crippen molar-refractivity contribution in [2.75, 3.05) is 5.75 Å². The van der Waals surface area contributed by atoms with Crippen LogP contribution in [0, 0.1) is 0 Å². The minimum atomic E-state index is -0.385. The van der Waals surface area contributed by atoms with Gasteiger partial charge < -0.3 is 10.2 Å². The Morgan fingerprint density at radius 3 is 2.73 bits per heavy atom. The Kier molecular flexibility index (Phi) is 4.72. The Hall–Kier alpha value is -2.27. The van der Waals surface area contributed by atoms with E-state index in [0.717, 1.165) is 24.0 Å². The second kappa shape index (κ2) is 7.16. The standard InChI is InChI=1S/C21H22N2O2S/c1-14(11-12-15-7-3-2-4-8-15)22-19(24)18-13-26-21-17-10-6-5-9-16(17)20(25)23(18)21/h2-10,14,18,21H,11-13H2,1H3,(H,22,24)/t14-,18+,21+/m0/s1. The highest BCUT2D eigenvalue weighted by atomic mass is 32.2. The van der Waals surface area contributed by atoms with E-state index in [0.29, 0.717) is 5.75 Å². The van der Waals surface area contributed by atoms with Gasteiger partial charge in [-0.05, 0) is 37.0 Å². The van der Waals surface area contributed by atoms with E-state index < -0.39 is 0 Å². The zero-order valence-corrected chi connectivity index (χ0v) is 15.5. The highest BCUT2D eigenvalue weighted by Gasteiger charge is 2.48. The van der Waals surface area contributed by atoms with E-state index >= 15 is 0 Å². The van der Waals surface area contributed by atoms with Crippen LogP contribution in [0.4, 0.5) is 0 Å². The Labute approximate surface area is 158 Å². The average molecular weight is 366 g/mol. The van der Waals surface area contributed by atoms with E-state index in [-0.39, 0.29) is 29.3 Å². The maximum atomic E-state index is 12.8. The van der Waals surface area contributed by atoms with Gasteiger partial charge in [-0.3, -0.25) is 9.59 Å². The molecule has 2 amide bonds. The van der Waals surface area contributed by atoms with Crippen LogP contribution in [0.15, 0.2) is 54.6 Å². The van der Waals surface area contributed by atoms with Crippen molar-refractivity contribution in [3.8, 4) is 0 Å². The minimum Gasteiger partial charge on any atom is -0.352 e. The summed E-state index contributed by atoms with van der Waals surface area (Å²) in [4.78, 5) is 27.3. The molecule has 5 heteroatoms. The molecule has 134 valence electrons. The number of aryl methyl sites for hydroxylation is 1. The molecule has 26 heavy (non-hydrogen) atoms. The van der Waals surface area contributed by atoms with Crippen molar-refractivity contribution in [3.63, 3.8) is 0 Å². The fourth-order valence-electron chi connectivity index (χ4n) is 3.68. The largest absolute Gasteiger partial charge is 0.352 e. The first-order valence-electron chi connectivity index (χ1n) is 9.02. The zero-order valence-electron chi connectivity index (χ0n) is 14.7. The summed E-state index contributed by atoms with van der Waals surface area (Å²) in [7, 11) is 0. The van der Waals surface area contributed by atoms with Gasteiger partial charge in [0.05, 0.1) is 0 Å². The van der Waals surface area contributed by atoms with Crippen molar-refractivity contribution in [2.24, 2.45) is 0 Å². The molecule has 2 aromatic rings. The van der Waals surface area contributed by atoms with E-state index in [1.165, 1.54) is 5.56 Å². The van der Waals surface area contributed by atoms with Crippen molar-refractivity contribution in [2.45, 2.75) is 37.2 Å². The van der Waals surface area contributed by atoms with E-state index in [4.69, 9.17) is 0 Å². The average Bonchev–Trinajstić information content (AvgIpc) is 3.22. The molecule has 2 heterocycles. The second-order valence-electron chi connectivity index (χ2n) is 6.94. The Balaban J connectivity index is 1.38. The predicted octanol–water partition coefficient (Wildman–Crippen LogP) is 3.39. The number of nitrogens with zero attached hydrogens (tertiary/aromatic N) is 1. The molecule has 2 aliphatic rings. The number of nitrogens with one attached hydrogen (secondary N) is 1. The van der Waals surface area contributed by atoms with Crippen molar-refractivity contribution in [1.82, 2.24) is 10.2 Å². The summed E-state index contributed by atoms with van der Waals surface area (Å²) in [6, 6.07) is 17.7. The van der Waals surface area contributed by atoms with Gasteiger partial charge in [0.2, 0.25) is 5.91 Å². The first-order valence-corrected chi connectivity index (χ1v) is 10.1. The summed E-state index contributed by atoms with van der Waals surface area (Å²) in [5.74, 6) is 0.594. The maximum Gasteiger partial charge on any atom is 0.256 e. The fraction of sp³-hybridized carbons (Fsp3) is 0.333. The number of amides is 2. The molecule has 4 rings (SSSR count). The molecule has 1 N–H and O–H groups in total. The third-order valence-corrected chi connectivity index (χ3v) is 6.40. The van der Waals surface area contributed by atoms with Gasteiger partial charge in [-0.2, -0.15) is 0 Å². The van der Waals surface area contributed by atoms with E-state index in [9.17, 15) is 9.59 Å². The van der Waals surface area contributed by atoms with Crippen LogP contribution >= 0.6 is 11.8 Å². The SMILES string of the molecule is C[C@@H](CCc1ccccc1)NC(=O)[C@H]1CS[C@@H]2c3ccccc3C(=O)N12. The van der Waals surface area contributed by atoms with Crippen molar-refractivity contribution in [1.29, 1.82) is 0 Å². The maximum absolute atomic E-state index is 12.8. The van der Waals surface area contributed by atoms with Gasteiger partial charge in [0, 0.05) is 17.4 Å². The van der Waals surface area contributed by atoms with Gasteiger partial charge in [0.25, 0.3) is 5.91 Å². The lowest BCUT2D eigenvalue weighted by atomic mass is 10.1. The third kappa shape index (κ3) is 3.12. The molecule has 0 aliphatic carbocycles. The molecule has 1 fully saturated rings. The summed E-state index contributed by atoms with van der Waals surface area (Å²) in [6.07, 6.45) is 1.81. The summed E-state index contributed by atoms with van der Waals surface area (Å²) in [5.41, 5.74) is 3.05. The number of thioether (sulfide) groups is 1. The topological polar surface area (TPSA) is 49.4 Å². The first kappa shape index (κ1) is 17.2. The zero-order chi connectivity index (χ0) is 18.1. The molecular weight excluding hydrogens is 344 g/mol. The van der Waals surface area contributed by atoms with Crippen LogP contribution in [0.3, 0.4) is 0 Å². The van der Waals surface area contributed by atoms with E-state index in [1.54, 1.807) is 16.7 Å². The normalized spacial score (nSPS) is 22.0. The Morgan fingerprint density at radius 1 is 1.19 bits per heavy atom. The van der Waals surface area contributed by atoms with Gasteiger partial charge >= 0.3 is 0 Å². The molecule has 1 saturated heterocycles. The molecule has 4 nitrogen and oxygen atoms in total. The van der Waals surface area contributed by atoms with Gasteiger partial charge in [0.15, 0.2) is 0 Å².